The van der Waals surface area contributed by atoms with Crippen LogP contribution in [0.3, 0.4) is 0 Å². The first-order chi connectivity index (χ1) is 8.16. The Labute approximate surface area is 121 Å². The van der Waals surface area contributed by atoms with E-state index in [-0.39, 0.29) is 24.4 Å². The van der Waals surface area contributed by atoms with Gasteiger partial charge in [0.1, 0.15) is 5.69 Å². The van der Waals surface area contributed by atoms with E-state index >= 15 is 0 Å². The second kappa shape index (κ2) is 7.07. The number of nitrogens with two attached hydrogens (primary N) is 1. The average Bonchev–Trinajstić information content (AvgIpc) is 2.32. The predicted molar refractivity (Wildman–Crippen MR) is 76.9 cm³/mol. The lowest BCUT2D eigenvalue weighted by molar-refractivity contribution is 0.0920. The molecular weight excluding hydrogens is 318 g/mol. The zero-order valence-corrected chi connectivity index (χ0v) is 12.3. The highest BCUT2D eigenvalue weighted by Crippen LogP contribution is 2.18. The number of rotatable bonds is 2. The molecule has 0 unspecified atom stereocenters. The fourth-order valence-corrected chi connectivity index (χ4v) is 2.51. The second-order valence-electron chi connectivity index (χ2n) is 4.42. The summed E-state index contributed by atoms with van der Waals surface area (Å²) in [5.74, 6) is -0.113. The van der Waals surface area contributed by atoms with Crippen molar-refractivity contribution < 1.29 is 4.79 Å². The summed E-state index contributed by atoms with van der Waals surface area (Å²) in [6.07, 6.45) is 5.49. The Balaban J connectivity index is 0.00000162. The van der Waals surface area contributed by atoms with Gasteiger partial charge in [0.05, 0.1) is 0 Å². The molecule has 0 bridgehead atoms. The van der Waals surface area contributed by atoms with Gasteiger partial charge in [-0.3, -0.25) is 4.79 Å². The van der Waals surface area contributed by atoms with Crippen LogP contribution in [0.1, 0.15) is 36.2 Å². The van der Waals surface area contributed by atoms with Crippen LogP contribution in [0.4, 0.5) is 0 Å². The lowest BCUT2D eigenvalue weighted by Crippen LogP contribution is -2.40. The quantitative estimate of drug-likeness (QED) is 0.872. The third-order valence-corrected chi connectivity index (χ3v) is 3.72. The minimum absolute atomic E-state index is 0. The summed E-state index contributed by atoms with van der Waals surface area (Å²) in [4.78, 5) is 16.1. The Kier molecular flexibility index (Phi) is 6.05. The number of hydrogen-bond acceptors (Lipinski definition) is 3. The van der Waals surface area contributed by atoms with Crippen LogP contribution < -0.4 is 11.1 Å². The minimum atomic E-state index is -0.113. The number of hydrogen-bond donors (Lipinski definition) is 2. The van der Waals surface area contributed by atoms with Gasteiger partial charge in [-0.25, -0.2) is 4.98 Å². The van der Waals surface area contributed by atoms with E-state index in [0.29, 0.717) is 11.7 Å². The summed E-state index contributed by atoms with van der Waals surface area (Å²) < 4.78 is 0.727. The molecule has 2 rings (SSSR count). The van der Waals surface area contributed by atoms with E-state index in [0.717, 1.165) is 30.2 Å². The van der Waals surface area contributed by atoms with Gasteiger partial charge in [-0.15, -0.1) is 12.4 Å². The molecule has 1 fully saturated rings. The van der Waals surface area contributed by atoms with Crippen molar-refractivity contribution in [3.8, 4) is 0 Å². The molecule has 0 spiro atoms. The molecule has 0 radical (unpaired) electrons. The van der Waals surface area contributed by atoms with Crippen molar-refractivity contribution in [1.29, 1.82) is 0 Å². The van der Waals surface area contributed by atoms with E-state index in [4.69, 9.17) is 5.73 Å². The van der Waals surface area contributed by atoms with E-state index in [9.17, 15) is 4.79 Å². The highest BCUT2D eigenvalue weighted by molar-refractivity contribution is 9.10. The fraction of sp³-hybridized carbons (Fsp3) is 0.500. The smallest absolute Gasteiger partial charge is 0.271 e. The molecular formula is C12H17BrClN3O. The molecule has 18 heavy (non-hydrogen) atoms. The Hall–Kier alpha value is -0.650. The van der Waals surface area contributed by atoms with E-state index in [1.807, 2.05) is 6.07 Å². The number of carbonyl (C=O) groups is 1. The molecule has 1 heterocycles. The monoisotopic (exact) mass is 333 g/mol. The Morgan fingerprint density at radius 2 is 2.06 bits per heavy atom. The van der Waals surface area contributed by atoms with Gasteiger partial charge >= 0.3 is 0 Å². The molecule has 0 atom stereocenters. The first-order valence-electron chi connectivity index (χ1n) is 5.84. The van der Waals surface area contributed by atoms with Crippen LogP contribution in [0, 0.1) is 0 Å². The van der Waals surface area contributed by atoms with Crippen LogP contribution in [0.25, 0.3) is 0 Å². The summed E-state index contributed by atoms with van der Waals surface area (Å²) in [5, 5.41) is 3.01. The first kappa shape index (κ1) is 15.4. The molecule has 4 nitrogen and oxygen atoms in total. The van der Waals surface area contributed by atoms with Crippen LogP contribution in [-0.4, -0.2) is 23.0 Å². The van der Waals surface area contributed by atoms with Crippen molar-refractivity contribution in [2.45, 2.75) is 37.8 Å². The fourth-order valence-electron chi connectivity index (χ4n) is 2.07. The van der Waals surface area contributed by atoms with Gasteiger partial charge in [0.15, 0.2) is 0 Å². The highest BCUT2D eigenvalue weighted by Gasteiger charge is 2.21. The van der Waals surface area contributed by atoms with Gasteiger partial charge in [-0.05, 0) is 53.7 Å². The standard InChI is InChI=1S/C12H16BrN3O.ClH/c13-10-2-1-7-15-11(10)12(17)16-9-5-3-8(14)4-6-9;/h1-2,7-9H,3-6,14H2,(H,16,17);1H. The van der Waals surface area contributed by atoms with Crippen molar-refractivity contribution in [3.05, 3.63) is 28.5 Å². The molecule has 1 amide bonds. The zero-order chi connectivity index (χ0) is 12.3. The largest absolute Gasteiger partial charge is 0.348 e. The van der Waals surface area contributed by atoms with Crippen LogP contribution in [0.2, 0.25) is 0 Å². The third kappa shape index (κ3) is 3.93. The first-order valence-corrected chi connectivity index (χ1v) is 6.63. The second-order valence-corrected chi connectivity index (χ2v) is 5.27. The SMILES string of the molecule is Cl.NC1CCC(NC(=O)c2ncccc2Br)CC1. The third-order valence-electron chi connectivity index (χ3n) is 3.08. The molecule has 1 aliphatic rings. The Morgan fingerprint density at radius 1 is 1.39 bits per heavy atom. The van der Waals surface area contributed by atoms with Gasteiger partial charge in [0.25, 0.3) is 5.91 Å². The number of nitrogens with zero attached hydrogens (tertiary/aromatic N) is 1. The summed E-state index contributed by atoms with van der Waals surface area (Å²) in [6.45, 7) is 0. The Morgan fingerprint density at radius 3 is 2.67 bits per heavy atom. The summed E-state index contributed by atoms with van der Waals surface area (Å²) in [6, 6.07) is 4.14. The maximum Gasteiger partial charge on any atom is 0.271 e. The topological polar surface area (TPSA) is 68.0 Å². The maximum absolute atomic E-state index is 12.0. The number of aromatic nitrogens is 1. The van der Waals surface area contributed by atoms with E-state index in [1.165, 1.54) is 0 Å². The Bertz CT molecular complexity index is 408. The molecule has 6 heteroatoms. The molecule has 0 aliphatic heterocycles. The van der Waals surface area contributed by atoms with Crippen LogP contribution in [0.5, 0.6) is 0 Å². The number of halogens is 2. The van der Waals surface area contributed by atoms with Crippen molar-refractivity contribution in [2.24, 2.45) is 5.73 Å². The molecule has 1 aliphatic carbocycles. The van der Waals surface area contributed by atoms with Gasteiger partial charge in [-0.1, -0.05) is 0 Å². The summed E-state index contributed by atoms with van der Waals surface area (Å²) in [7, 11) is 0. The molecule has 0 aromatic carbocycles. The number of amides is 1. The van der Waals surface area contributed by atoms with Gasteiger partial charge < -0.3 is 11.1 Å². The van der Waals surface area contributed by atoms with Crippen molar-refractivity contribution in [3.63, 3.8) is 0 Å². The minimum Gasteiger partial charge on any atom is -0.348 e. The molecule has 3 N–H and O–H groups in total. The lowest BCUT2D eigenvalue weighted by atomic mass is 9.92. The normalized spacial score (nSPS) is 23.0. The van der Waals surface area contributed by atoms with Gasteiger partial charge in [-0.2, -0.15) is 0 Å². The highest BCUT2D eigenvalue weighted by atomic mass is 79.9. The van der Waals surface area contributed by atoms with Crippen molar-refractivity contribution >= 4 is 34.2 Å². The molecule has 1 saturated carbocycles. The van der Waals surface area contributed by atoms with Crippen molar-refractivity contribution in [2.75, 3.05) is 0 Å². The van der Waals surface area contributed by atoms with Crippen LogP contribution in [-0.2, 0) is 0 Å². The van der Waals surface area contributed by atoms with E-state index in [1.54, 1.807) is 12.3 Å². The van der Waals surface area contributed by atoms with E-state index in [2.05, 4.69) is 26.2 Å². The molecule has 0 saturated heterocycles. The molecule has 1 aromatic heterocycles. The molecule has 1 aromatic rings. The summed E-state index contributed by atoms with van der Waals surface area (Å²) in [5.41, 5.74) is 6.28. The molecule has 100 valence electrons. The zero-order valence-electron chi connectivity index (χ0n) is 9.93. The van der Waals surface area contributed by atoms with Crippen LogP contribution >= 0.6 is 28.3 Å². The maximum atomic E-state index is 12.0. The van der Waals surface area contributed by atoms with Gasteiger partial charge in [0.2, 0.25) is 0 Å². The predicted octanol–water partition coefficient (Wildman–Crippen LogP) is 2.27. The van der Waals surface area contributed by atoms with Crippen LogP contribution in [0.15, 0.2) is 22.8 Å². The number of pyridine rings is 1. The van der Waals surface area contributed by atoms with Gasteiger partial charge in [0, 0.05) is 22.8 Å². The number of nitrogens with one attached hydrogen (secondary N) is 1. The van der Waals surface area contributed by atoms with Crippen molar-refractivity contribution in [1.82, 2.24) is 10.3 Å². The lowest BCUT2D eigenvalue weighted by Gasteiger charge is -2.26. The summed E-state index contributed by atoms with van der Waals surface area (Å²) >= 11 is 3.33. The van der Waals surface area contributed by atoms with E-state index < -0.39 is 0 Å². The average molecular weight is 335 g/mol. The number of carbonyl (C=O) groups excluding carboxylic acids is 1.